The van der Waals surface area contributed by atoms with E-state index in [2.05, 4.69) is 10.2 Å². The number of phenols is 1. The lowest BCUT2D eigenvalue weighted by Crippen LogP contribution is -2.04. The minimum absolute atomic E-state index is 0.0183. The Hall–Kier alpha value is -2.60. The third-order valence-corrected chi connectivity index (χ3v) is 4.26. The topological polar surface area (TPSA) is 68.0 Å². The van der Waals surface area contributed by atoms with Crippen molar-refractivity contribution >= 4 is 17.5 Å². The molecule has 1 N–H and O–H groups in total. The van der Waals surface area contributed by atoms with Crippen LogP contribution >= 0.6 is 11.8 Å². The van der Waals surface area contributed by atoms with E-state index in [0.717, 1.165) is 11.5 Å². The molecule has 3 rings (SSSR count). The zero-order valence-electron chi connectivity index (χ0n) is 12.5. The van der Waals surface area contributed by atoms with Gasteiger partial charge in [0.2, 0.25) is 0 Å². The average molecular weight is 325 g/mol. The number of para-hydroxylation sites is 1. The van der Waals surface area contributed by atoms with Crippen molar-refractivity contribution in [1.82, 2.24) is 14.8 Å². The van der Waals surface area contributed by atoms with Crippen molar-refractivity contribution in [1.29, 1.82) is 0 Å². The molecule has 0 atom stereocenters. The van der Waals surface area contributed by atoms with Crippen molar-refractivity contribution in [2.45, 2.75) is 12.1 Å². The second-order valence-electron chi connectivity index (χ2n) is 4.96. The number of benzene rings is 2. The molecule has 0 amide bonds. The molecule has 1 heterocycles. The van der Waals surface area contributed by atoms with Crippen molar-refractivity contribution in [2.24, 2.45) is 0 Å². The first-order valence-electron chi connectivity index (χ1n) is 7.07. The van der Waals surface area contributed by atoms with E-state index in [4.69, 9.17) is 0 Å². The Morgan fingerprint density at radius 2 is 1.78 bits per heavy atom. The number of aromatic hydroxyl groups is 1. The lowest BCUT2D eigenvalue weighted by molar-refractivity contribution is 0.102. The van der Waals surface area contributed by atoms with Crippen LogP contribution in [0.3, 0.4) is 0 Å². The average Bonchev–Trinajstić information content (AvgIpc) is 2.95. The summed E-state index contributed by atoms with van der Waals surface area (Å²) in [5.74, 6) is 1.16. The molecule has 2 aromatic carbocycles. The molecule has 23 heavy (non-hydrogen) atoms. The number of nitrogens with zero attached hydrogens (tertiary/aromatic N) is 3. The van der Waals surface area contributed by atoms with Crippen molar-refractivity contribution in [3.8, 4) is 11.4 Å². The smallest absolute Gasteiger partial charge is 0.196 e. The molecule has 116 valence electrons. The molecule has 0 aliphatic rings. The highest BCUT2D eigenvalue weighted by Crippen LogP contribution is 2.22. The van der Waals surface area contributed by atoms with Gasteiger partial charge >= 0.3 is 0 Å². The predicted molar refractivity (Wildman–Crippen MR) is 89.3 cm³/mol. The molecular weight excluding hydrogens is 310 g/mol. The van der Waals surface area contributed by atoms with E-state index in [9.17, 15) is 9.90 Å². The van der Waals surface area contributed by atoms with Gasteiger partial charge in [0.05, 0.1) is 5.75 Å². The number of hydrogen-bond acceptors (Lipinski definition) is 5. The number of ketones is 1. The monoisotopic (exact) mass is 325 g/mol. The molecule has 0 saturated carbocycles. The van der Waals surface area contributed by atoms with Gasteiger partial charge in [-0.1, -0.05) is 30.0 Å². The van der Waals surface area contributed by atoms with Crippen molar-refractivity contribution in [3.63, 3.8) is 0 Å². The second kappa shape index (κ2) is 6.66. The van der Waals surface area contributed by atoms with Gasteiger partial charge in [-0.05, 0) is 43.3 Å². The van der Waals surface area contributed by atoms with E-state index in [1.807, 2.05) is 41.8 Å². The molecule has 0 aliphatic carbocycles. The second-order valence-corrected chi connectivity index (χ2v) is 5.90. The van der Waals surface area contributed by atoms with Crippen LogP contribution in [0.25, 0.3) is 5.69 Å². The zero-order valence-corrected chi connectivity index (χ0v) is 13.3. The summed E-state index contributed by atoms with van der Waals surface area (Å²) in [7, 11) is 0. The van der Waals surface area contributed by atoms with Crippen molar-refractivity contribution in [3.05, 3.63) is 66.0 Å². The van der Waals surface area contributed by atoms with Crippen LogP contribution in [0.2, 0.25) is 0 Å². The lowest BCUT2D eigenvalue weighted by atomic mass is 10.1. The van der Waals surface area contributed by atoms with Crippen LogP contribution in [0.1, 0.15) is 16.2 Å². The van der Waals surface area contributed by atoms with Gasteiger partial charge in [0.1, 0.15) is 11.6 Å². The van der Waals surface area contributed by atoms with E-state index in [0.29, 0.717) is 10.7 Å². The Morgan fingerprint density at radius 3 is 2.48 bits per heavy atom. The fraction of sp³-hybridized carbons (Fsp3) is 0.118. The number of rotatable bonds is 5. The summed E-state index contributed by atoms with van der Waals surface area (Å²) in [5, 5.41) is 18.2. The molecule has 0 fully saturated rings. The van der Waals surface area contributed by atoms with Gasteiger partial charge in [0.15, 0.2) is 10.9 Å². The van der Waals surface area contributed by atoms with Gasteiger partial charge in [-0.3, -0.25) is 9.36 Å². The standard InChI is InChI=1S/C17H15N3O2S/c1-12-18-19-17(20(12)14-5-3-2-4-6-14)23-11-16(22)13-7-9-15(21)10-8-13/h2-10,21H,11H2,1H3. The highest BCUT2D eigenvalue weighted by Gasteiger charge is 2.14. The molecule has 0 saturated heterocycles. The first-order chi connectivity index (χ1) is 11.1. The molecule has 0 unspecified atom stereocenters. The minimum atomic E-state index is -0.0183. The maximum atomic E-state index is 12.2. The largest absolute Gasteiger partial charge is 0.508 e. The van der Waals surface area contributed by atoms with Crippen LogP contribution in [-0.2, 0) is 0 Å². The van der Waals surface area contributed by atoms with Crippen molar-refractivity contribution in [2.75, 3.05) is 5.75 Å². The Kier molecular flexibility index (Phi) is 4.43. The van der Waals surface area contributed by atoms with Gasteiger partial charge < -0.3 is 5.11 Å². The molecule has 0 spiro atoms. The van der Waals surface area contributed by atoms with Crippen LogP contribution < -0.4 is 0 Å². The SMILES string of the molecule is Cc1nnc(SCC(=O)c2ccc(O)cc2)n1-c1ccccc1. The number of aryl methyl sites for hydroxylation is 1. The Labute approximate surface area is 138 Å². The number of aromatic nitrogens is 3. The van der Waals surface area contributed by atoms with E-state index >= 15 is 0 Å². The molecule has 0 radical (unpaired) electrons. The third kappa shape index (κ3) is 3.43. The number of thioether (sulfide) groups is 1. The van der Waals surface area contributed by atoms with Crippen molar-refractivity contribution < 1.29 is 9.90 Å². The molecular formula is C17H15N3O2S. The summed E-state index contributed by atoms with van der Waals surface area (Å²) >= 11 is 1.35. The van der Waals surface area contributed by atoms with E-state index in [-0.39, 0.29) is 17.3 Å². The quantitative estimate of drug-likeness (QED) is 0.576. The van der Waals surface area contributed by atoms with Crippen LogP contribution in [-0.4, -0.2) is 31.4 Å². The Morgan fingerprint density at radius 1 is 1.09 bits per heavy atom. The van der Waals surface area contributed by atoms with E-state index < -0.39 is 0 Å². The maximum absolute atomic E-state index is 12.2. The fourth-order valence-corrected chi connectivity index (χ4v) is 3.06. The number of Topliss-reactive ketones (excluding diaryl/α,β-unsaturated/α-hetero) is 1. The van der Waals surface area contributed by atoms with Gasteiger partial charge in [-0.15, -0.1) is 10.2 Å². The predicted octanol–water partition coefficient (Wildman–Crippen LogP) is 3.26. The van der Waals surface area contributed by atoms with Gasteiger partial charge in [-0.2, -0.15) is 0 Å². The summed E-state index contributed by atoms with van der Waals surface area (Å²) in [4.78, 5) is 12.2. The summed E-state index contributed by atoms with van der Waals surface area (Å²) in [6.45, 7) is 1.88. The summed E-state index contributed by atoms with van der Waals surface area (Å²) < 4.78 is 1.93. The normalized spacial score (nSPS) is 10.7. The van der Waals surface area contributed by atoms with Crippen LogP contribution in [0.5, 0.6) is 5.75 Å². The van der Waals surface area contributed by atoms with E-state index in [1.165, 1.54) is 23.9 Å². The molecule has 0 aliphatic heterocycles. The lowest BCUT2D eigenvalue weighted by Gasteiger charge is -2.07. The summed E-state index contributed by atoms with van der Waals surface area (Å²) in [5.41, 5.74) is 1.53. The van der Waals surface area contributed by atoms with Crippen LogP contribution in [0.15, 0.2) is 59.8 Å². The fourth-order valence-electron chi connectivity index (χ4n) is 2.17. The number of carbonyl (C=O) groups excluding carboxylic acids is 1. The number of hydrogen-bond donors (Lipinski definition) is 1. The third-order valence-electron chi connectivity index (χ3n) is 3.33. The highest BCUT2D eigenvalue weighted by molar-refractivity contribution is 7.99. The molecule has 0 bridgehead atoms. The molecule has 5 nitrogen and oxygen atoms in total. The van der Waals surface area contributed by atoms with Crippen LogP contribution in [0.4, 0.5) is 0 Å². The zero-order chi connectivity index (χ0) is 16.2. The Bertz CT molecular complexity index is 814. The Balaban J connectivity index is 1.77. The first-order valence-corrected chi connectivity index (χ1v) is 8.06. The number of carbonyl (C=O) groups is 1. The maximum Gasteiger partial charge on any atom is 0.196 e. The van der Waals surface area contributed by atoms with Crippen LogP contribution in [0, 0.1) is 6.92 Å². The summed E-state index contributed by atoms with van der Waals surface area (Å²) in [6.07, 6.45) is 0. The first kappa shape index (κ1) is 15.3. The molecule has 1 aromatic heterocycles. The van der Waals surface area contributed by atoms with Gasteiger partial charge in [0.25, 0.3) is 0 Å². The molecule has 6 heteroatoms. The highest BCUT2D eigenvalue weighted by atomic mass is 32.2. The summed E-state index contributed by atoms with van der Waals surface area (Å²) in [6, 6.07) is 16.0. The van der Waals surface area contributed by atoms with Gasteiger partial charge in [-0.25, -0.2) is 0 Å². The minimum Gasteiger partial charge on any atom is -0.508 e. The molecule has 3 aromatic rings. The van der Waals surface area contributed by atoms with Gasteiger partial charge in [0, 0.05) is 11.3 Å². The number of phenolic OH excluding ortho intramolecular Hbond substituents is 1. The van der Waals surface area contributed by atoms with E-state index in [1.54, 1.807) is 12.1 Å².